The fourth-order valence-electron chi connectivity index (χ4n) is 6.81. The molecule has 0 N–H and O–H groups in total. The van der Waals surface area contributed by atoms with E-state index < -0.39 is 21.3 Å². The van der Waals surface area contributed by atoms with E-state index >= 15 is 0 Å². The molecule has 5 aromatic carbocycles. The van der Waals surface area contributed by atoms with Crippen molar-refractivity contribution >= 4 is 46.2 Å². The Balaban J connectivity index is 0.000000200. The third-order valence-corrected chi connectivity index (χ3v) is 11.3. The Morgan fingerprint density at radius 1 is 0.889 bits per heavy atom. The molecule has 0 atom stereocenters. The summed E-state index contributed by atoms with van der Waals surface area (Å²) < 4.78 is 48.2. The van der Waals surface area contributed by atoms with Crippen LogP contribution in [0.3, 0.4) is 0 Å². The van der Waals surface area contributed by atoms with E-state index in [1.54, 1.807) is 18.3 Å². The van der Waals surface area contributed by atoms with Gasteiger partial charge in [0.25, 0.3) is 0 Å². The van der Waals surface area contributed by atoms with E-state index in [0.717, 1.165) is 55.2 Å². The third kappa shape index (κ3) is 7.93. The van der Waals surface area contributed by atoms with Gasteiger partial charge in [0.15, 0.2) is 0 Å². The number of para-hydroxylation sites is 4. The van der Waals surface area contributed by atoms with Gasteiger partial charge in [-0.15, -0.1) is 53.6 Å². The molecule has 4 nitrogen and oxygen atoms in total. The van der Waals surface area contributed by atoms with Crippen LogP contribution in [0, 0.1) is 24.9 Å². The van der Waals surface area contributed by atoms with E-state index in [0.29, 0.717) is 16.8 Å². The van der Waals surface area contributed by atoms with Crippen LogP contribution in [0.4, 0.5) is 0 Å². The van der Waals surface area contributed by atoms with E-state index in [2.05, 4.69) is 117 Å². The van der Waals surface area contributed by atoms with Crippen LogP contribution in [0.25, 0.3) is 61.3 Å². The Labute approximate surface area is 342 Å². The fourth-order valence-corrected chi connectivity index (χ4v) is 8.22. The van der Waals surface area contributed by atoms with Crippen molar-refractivity contribution in [3.63, 3.8) is 0 Å². The molecule has 0 saturated heterocycles. The molecule has 54 heavy (non-hydrogen) atoms. The minimum absolute atomic E-state index is 0. The van der Waals surface area contributed by atoms with Crippen molar-refractivity contribution in [2.75, 3.05) is 0 Å². The summed E-state index contributed by atoms with van der Waals surface area (Å²) in [4.78, 5) is 9.61. The van der Waals surface area contributed by atoms with Crippen molar-refractivity contribution in [2.45, 2.75) is 72.9 Å². The molecule has 0 aliphatic rings. The Kier molecular flexibility index (Phi) is 9.49. The quantitative estimate of drug-likeness (QED) is 0.123. The monoisotopic (exact) mass is 909 g/mol. The van der Waals surface area contributed by atoms with Crippen LogP contribution in [-0.4, -0.2) is 22.6 Å². The summed E-state index contributed by atoms with van der Waals surface area (Å²) in [6.07, 6.45) is 0.328. The zero-order valence-electron chi connectivity index (χ0n) is 37.1. The molecule has 0 spiro atoms. The largest absolute Gasteiger partial charge is 0.501 e. The maximum absolute atomic E-state index is 8.59. The molecule has 8 rings (SSSR count). The predicted octanol–water partition coefficient (Wildman–Crippen LogP) is 12.3. The molecule has 3 heterocycles. The summed E-state index contributed by atoms with van der Waals surface area (Å²) >= 11 is 0. The Morgan fingerprint density at radius 2 is 1.63 bits per heavy atom. The summed E-state index contributed by atoms with van der Waals surface area (Å²) in [5, 5.41) is 3.20. The molecule has 0 amide bonds. The van der Waals surface area contributed by atoms with E-state index in [1.165, 1.54) is 11.6 Å². The minimum atomic E-state index is -2.16. The first-order valence-corrected chi connectivity index (χ1v) is 21.7. The van der Waals surface area contributed by atoms with Gasteiger partial charge in [-0.25, -0.2) is 0 Å². The van der Waals surface area contributed by atoms with Crippen LogP contribution in [0.5, 0.6) is 0 Å². The first-order valence-electron chi connectivity index (χ1n) is 20.7. The molecule has 6 heteroatoms. The summed E-state index contributed by atoms with van der Waals surface area (Å²) in [5.41, 5.74) is 9.17. The SMILES string of the molecule is CC(C)(C)c1ccccc1-n1c(-c2[c-]ccc3c2oc2ccccc23)nc2ccccc21.[2H]C([2H])([2H])c1c[c-]c(-c2cc(C([2H])([2H])C(C)C)c([Si](C)(C)C)cn2)cc1.[Ir]. The number of benzene rings is 5. The number of furan rings is 1. The van der Waals surface area contributed by atoms with E-state index in [4.69, 9.17) is 16.3 Å². The molecule has 1 radical (unpaired) electrons. The van der Waals surface area contributed by atoms with Crippen molar-refractivity contribution in [3.05, 3.63) is 144 Å². The minimum Gasteiger partial charge on any atom is -0.501 e. The van der Waals surface area contributed by atoms with Crippen LogP contribution in [0.1, 0.15) is 58.2 Å². The van der Waals surface area contributed by atoms with Crippen LogP contribution in [0.2, 0.25) is 19.6 Å². The van der Waals surface area contributed by atoms with Gasteiger partial charge in [-0.3, -0.25) is 4.98 Å². The molecule has 8 aromatic rings. The maximum atomic E-state index is 8.59. The van der Waals surface area contributed by atoms with Gasteiger partial charge in [-0.05, 0) is 58.4 Å². The second kappa shape index (κ2) is 15.6. The standard InChI is InChI=1S/C29H23N2O.C19H26NSi.Ir/c1-29(2,3)22-14-5-7-16-24(22)31-25-17-8-6-15-23(25)30-28(31)21-13-10-12-20-19-11-4-9-18-26(19)32-27(20)21;1-14(2)11-17-12-18(16-9-7-15(3)8-10-16)20-13-19(17)21(4,5)6;/h4-12,14-18H,1-3H3;7-9,12-14H,11H2,1-6H3;/q2*-1;/i;3D3,11D2;. The molecule has 0 aliphatic heterocycles. The van der Waals surface area contributed by atoms with Crippen molar-refractivity contribution in [2.24, 2.45) is 5.92 Å². The van der Waals surface area contributed by atoms with Gasteiger partial charge in [0.05, 0.1) is 30.5 Å². The van der Waals surface area contributed by atoms with Gasteiger partial charge < -0.3 is 14.0 Å². The Bertz CT molecular complexity index is 2760. The zero-order valence-corrected chi connectivity index (χ0v) is 35.5. The smallest absolute Gasteiger partial charge is 0.120 e. The molecule has 0 unspecified atom stereocenters. The molecule has 3 aromatic heterocycles. The zero-order chi connectivity index (χ0) is 41.8. The number of pyridine rings is 1. The predicted molar refractivity (Wildman–Crippen MR) is 226 cm³/mol. The number of rotatable bonds is 6. The number of fused-ring (bicyclic) bond motifs is 4. The van der Waals surface area contributed by atoms with Crippen LogP contribution in [0.15, 0.2) is 120 Å². The van der Waals surface area contributed by atoms with E-state index in [9.17, 15) is 0 Å². The molecule has 0 bridgehead atoms. The van der Waals surface area contributed by atoms with Crippen molar-refractivity contribution < 1.29 is 31.4 Å². The second-order valence-corrected chi connectivity index (χ2v) is 20.9. The van der Waals surface area contributed by atoms with Crippen molar-refractivity contribution in [1.82, 2.24) is 14.5 Å². The fraction of sp³-hybridized carbons (Fsp3) is 0.250. The van der Waals surface area contributed by atoms with Gasteiger partial charge >= 0.3 is 0 Å². The number of aromatic nitrogens is 3. The average Bonchev–Trinajstić information content (AvgIpc) is 3.76. The van der Waals surface area contributed by atoms with E-state index in [-0.39, 0.29) is 37.0 Å². The summed E-state index contributed by atoms with van der Waals surface area (Å²) in [6.45, 7) is 14.9. The Morgan fingerprint density at radius 3 is 2.35 bits per heavy atom. The molecule has 0 fully saturated rings. The summed E-state index contributed by atoms with van der Waals surface area (Å²) in [6, 6.07) is 42.0. The second-order valence-electron chi connectivity index (χ2n) is 15.9. The van der Waals surface area contributed by atoms with Crippen LogP contribution < -0.4 is 5.19 Å². The van der Waals surface area contributed by atoms with Gasteiger partial charge in [-0.2, -0.15) is 0 Å². The summed E-state index contributed by atoms with van der Waals surface area (Å²) in [7, 11) is -1.78. The first kappa shape index (κ1) is 32.8. The number of hydrogen-bond acceptors (Lipinski definition) is 3. The van der Waals surface area contributed by atoms with Gasteiger partial charge in [-0.1, -0.05) is 132 Å². The molecule has 0 aliphatic carbocycles. The third-order valence-electron chi connectivity index (χ3n) is 9.32. The molecular formula is C48H49IrN3OSi-2. The van der Waals surface area contributed by atoms with E-state index in [1.807, 2.05) is 50.2 Å². The number of imidazole rings is 1. The topological polar surface area (TPSA) is 43.9 Å². The number of hydrogen-bond donors (Lipinski definition) is 0. The average molecular weight is 909 g/mol. The van der Waals surface area contributed by atoms with Crippen LogP contribution in [-0.2, 0) is 31.9 Å². The molecule has 0 saturated carbocycles. The normalized spacial score (nSPS) is 13.8. The van der Waals surface area contributed by atoms with Crippen LogP contribution >= 0.6 is 0 Å². The van der Waals surface area contributed by atoms with Gasteiger partial charge in [0, 0.05) is 44.2 Å². The van der Waals surface area contributed by atoms with Gasteiger partial charge in [0.2, 0.25) is 0 Å². The number of nitrogens with zero attached hydrogens (tertiary/aromatic N) is 3. The number of aryl methyl sites for hydroxylation is 1. The van der Waals surface area contributed by atoms with Gasteiger partial charge in [0.1, 0.15) is 5.58 Å². The first-order chi connectivity index (χ1) is 27.3. The molecular weight excluding hydrogens is 855 g/mol. The molecule has 277 valence electrons. The maximum Gasteiger partial charge on any atom is 0.120 e. The Hall–Kier alpha value is -4.61. The van der Waals surface area contributed by atoms with Crippen molar-refractivity contribution in [3.8, 4) is 28.3 Å². The van der Waals surface area contributed by atoms with Crippen molar-refractivity contribution in [1.29, 1.82) is 0 Å². The summed E-state index contributed by atoms with van der Waals surface area (Å²) in [5.74, 6) is 0.669.